The molecule has 0 aliphatic rings. The Balaban J connectivity index is 3.27. The van der Waals surface area contributed by atoms with Crippen molar-refractivity contribution in [2.24, 2.45) is 0 Å². The molecule has 0 aliphatic heterocycles. The molecule has 0 spiro atoms. The number of halogens is 3. The van der Waals surface area contributed by atoms with Gasteiger partial charge >= 0.3 is 6.18 Å². The van der Waals surface area contributed by atoms with Gasteiger partial charge in [0, 0.05) is 5.56 Å². The van der Waals surface area contributed by atoms with E-state index >= 15 is 0 Å². The molecular weight excluding hydrogens is 185 g/mol. The van der Waals surface area contributed by atoms with Gasteiger partial charge in [0.1, 0.15) is 12.0 Å². The summed E-state index contributed by atoms with van der Waals surface area (Å²) in [6.07, 6.45) is -4.35. The largest absolute Gasteiger partial charge is 0.507 e. The van der Waals surface area contributed by atoms with Gasteiger partial charge in [-0.2, -0.15) is 13.2 Å². The Kier molecular flexibility index (Phi) is 2.27. The number of aromatic hydroxyl groups is 1. The SMILES string of the molecule is O=Cc1ccc(O)c(C(F)(F)F)c1. The summed E-state index contributed by atoms with van der Waals surface area (Å²) in [7, 11) is 0. The van der Waals surface area contributed by atoms with Crippen LogP contribution in [0.5, 0.6) is 5.75 Å². The van der Waals surface area contributed by atoms with Gasteiger partial charge in [0.15, 0.2) is 0 Å². The Hall–Kier alpha value is -1.52. The number of phenols is 1. The average Bonchev–Trinajstić information content (AvgIpc) is 2.03. The van der Waals surface area contributed by atoms with Crippen molar-refractivity contribution in [1.29, 1.82) is 0 Å². The minimum Gasteiger partial charge on any atom is -0.507 e. The maximum absolute atomic E-state index is 12.1. The van der Waals surface area contributed by atoms with Gasteiger partial charge in [-0.25, -0.2) is 0 Å². The van der Waals surface area contributed by atoms with Crippen molar-refractivity contribution < 1.29 is 23.1 Å². The van der Waals surface area contributed by atoms with Gasteiger partial charge in [0.25, 0.3) is 0 Å². The molecule has 0 unspecified atom stereocenters. The van der Waals surface area contributed by atoms with Crippen LogP contribution >= 0.6 is 0 Å². The van der Waals surface area contributed by atoms with E-state index in [4.69, 9.17) is 5.11 Å². The van der Waals surface area contributed by atoms with Crippen LogP contribution < -0.4 is 0 Å². The molecule has 0 saturated carbocycles. The second-order valence-corrected chi connectivity index (χ2v) is 2.39. The summed E-state index contributed by atoms with van der Waals surface area (Å²) >= 11 is 0. The number of hydrogen-bond acceptors (Lipinski definition) is 2. The van der Waals surface area contributed by atoms with Crippen LogP contribution in [0.4, 0.5) is 13.2 Å². The summed E-state index contributed by atoms with van der Waals surface area (Å²) in [5.74, 6) is -0.877. The number of hydrogen-bond donors (Lipinski definition) is 1. The highest BCUT2D eigenvalue weighted by atomic mass is 19.4. The second-order valence-electron chi connectivity index (χ2n) is 2.39. The van der Waals surface area contributed by atoms with Crippen LogP contribution in [0.3, 0.4) is 0 Å². The van der Waals surface area contributed by atoms with Crippen LogP contribution in [-0.4, -0.2) is 11.4 Å². The molecule has 1 rings (SSSR count). The van der Waals surface area contributed by atoms with Gasteiger partial charge < -0.3 is 5.11 Å². The van der Waals surface area contributed by atoms with Crippen molar-refractivity contribution in [3.63, 3.8) is 0 Å². The molecule has 70 valence electrons. The summed E-state index contributed by atoms with van der Waals surface area (Å²) in [6.45, 7) is 0. The Morgan fingerprint density at radius 2 is 1.92 bits per heavy atom. The molecule has 0 radical (unpaired) electrons. The van der Waals surface area contributed by atoms with E-state index in [1.54, 1.807) is 0 Å². The highest BCUT2D eigenvalue weighted by molar-refractivity contribution is 5.75. The molecule has 0 fully saturated rings. The fourth-order valence-electron chi connectivity index (χ4n) is 0.854. The molecule has 0 amide bonds. The Bertz CT molecular complexity index is 331. The second kappa shape index (κ2) is 3.08. The van der Waals surface area contributed by atoms with Crippen LogP contribution in [-0.2, 0) is 6.18 Å². The lowest BCUT2D eigenvalue weighted by Gasteiger charge is -2.08. The van der Waals surface area contributed by atoms with E-state index in [-0.39, 0.29) is 11.8 Å². The van der Waals surface area contributed by atoms with Crippen molar-refractivity contribution in [3.05, 3.63) is 29.3 Å². The summed E-state index contributed by atoms with van der Waals surface area (Å²) in [5, 5.41) is 8.83. The molecule has 1 N–H and O–H groups in total. The van der Waals surface area contributed by atoms with Gasteiger partial charge in [-0.3, -0.25) is 4.79 Å². The molecule has 1 aromatic carbocycles. The molecule has 5 heteroatoms. The minimum absolute atomic E-state index is 0.120. The molecule has 1 aromatic rings. The number of carbonyl (C=O) groups excluding carboxylic acids is 1. The lowest BCUT2D eigenvalue weighted by molar-refractivity contribution is -0.138. The van der Waals surface area contributed by atoms with Crippen LogP contribution in [0.25, 0.3) is 0 Å². The first kappa shape index (κ1) is 9.57. The van der Waals surface area contributed by atoms with Gasteiger partial charge in [-0.1, -0.05) is 0 Å². The van der Waals surface area contributed by atoms with E-state index in [0.29, 0.717) is 6.07 Å². The Morgan fingerprint density at radius 1 is 1.31 bits per heavy atom. The number of rotatable bonds is 1. The number of benzene rings is 1. The van der Waals surface area contributed by atoms with Crippen LogP contribution in [0.2, 0.25) is 0 Å². The van der Waals surface area contributed by atoms with Gasteiger partial charge in [0.05, 0.1) is 5.56 Å². The first-order valence-corrected chi connectivity index (χ1v) is 3.30. The van der Waals surface area contributed by atoms with E-state index < -0.39 is 17.5 Å². The lowest BCUT2D eigenvalue weighted by Crippen LogP contribution is -2.05. The van der Waals surface area contributed by atoms with E-state index in [9.17, 15) is 18.0 Å². The Morgan fingerprint density at radius 3 is 2.38 bits per heavy atom. The lowest BCUT2D eigenvalue weighted by atomic mass is 10.1. The van der Waals surface area contributed by atoms with Crippen molar-refractivity contribution in [2.45, 2.75) is 6.18 Å². The standard InChI is InChI=1S/C8H5F3O2/c9-8(10,11)6-3-5(4-12)1-2-7(6)13/h1-4,13H. The third-order valence-corrected chi connectivity index (χ3v) is 1.46. The summed E-state index contributed by atoms with van der Waals surface area (Å²) in [4.78, 5) is 10.1. The van der Waals surface area contributed by atoms with E-state index in [1.807, 2.05) is 0 Å². The van der Waals surface area contributed by atoms with Gasteiger partial charge in [-0.15, -0.1) is 0 Å². The number of aldehydes is 1. The predicted octanol–water partition coefficient (Wildman–Crippen LogP) is 2.22. The summed E-state index contributed by atoms with van der Waals surface area (Å²) in [5.41, 5.74) is -1.32. The normalized spacial score (nSPS) is 11.3. The molecule has 0 saturated heterocycles. The van der Waals surface area contributed by atoms with Crippen LogP contribution in [0.1, 0.15) is 15.9 Å². The van der Waals surface area contributed by atoms with Gasteiger partial charge in [0.2, 0.25) is 0 Å². The molecule has 13 heavy (non-hydrogen) atoms. The predicted molar refractivity (Wildman–Crippen MR) is 38.5 cm³/mol. The zero-order valence-corrected chi connectivity index (χ0v) is 6.30. The molecule has 2 nitrogen and oxygen atoms in total. The number of phenolic OH excluding ortho intramolecular Hbond substituents is 1. The fraction of sp³-hybridized carbons (Fsp3) is 0.125. The zero-order valence-electron chi connectivity index (χ0n) is 6.30. The van der Waals surface area contributed by atoms with Gasteiger partial charge in [-0.05, 0) is 18.2 Å². The van der Waals surface area contributed by atoms with Crippen molar-refractivity contribution in [2.75, 3.05) is 0 Å². The smallest absolute Gasteiger partial charge is 0.419 e. The van der Waals surface area contributed by atoms with E-state index in [0.717, 1.165) is 12.1 Å². The topological polar surface area (TPSA) is 37.3 Å². The van der Waals surface area contributed by atoms with Crippen LogP contribution in [0.15, 0.2) is 18.2 Å². The minimum atomic E-state index is -4.64. The molecule has 0 aromatic heterocycles. The third kappa shape index (κ3) is 1.99. The van der Waals surface area contributed by atoms with Crippen molar-refractivity contribution in [3.8, 4) is 5.75 Å². The molecular formula is C8H5F3O2. The average molecular weight is 190 g/mol. The van der Waals surface area contributed by atoms with Crippen molar-refractivity contribution in [1.82, 2.24) is 0 Å². The van der Waals surface area contributed by atoms with Crippen LogP contribution in [0, 0.1) is 0 Å². The summed E-state index contributed by atoms with van der Waals surface area (Å²) in [6, 6.07) is 2.55. The molecule has 0 aliphatic carbocycles. The monoisotopic (exact) mass is 190 g/mol. The first-order valence-electron chi connectivity index (χ1n) is 3.30. The number of alkyl halides is 3. The Labute approximate surface area is 71.6 Å². The quantitative estimate of drug-likeness (QED) is 0.689. The van der Waals surface area contributed by atoms with E-state index in [1.165, 1.54) is 0 Å². The summed E-state index contributed by atoms with van der Waals surface area (Å²) < 4.78 is 36.3. The maximum Gasteiger partial charge on any atom is 0.419 e. The third-order valence-electron chi connectivity index (χ3n) is 1.46. The fourth-order valence-corrected chi connectivity index (χ4v) is 0.854. The van der Waals surface area contributed by atoms with Crippen molar-refractivity contribution >= 4 is 6.29 Å². The highest BCUT2D eigenvalue weighted by Gasteiger charge is 2.33. The molecule has 0 heterocycles. The number of carbonyl (C=O) groups is 1. The van der Waals surface area contributed by atoms with E-state index in [2.05, 4.69) is 0 Å². The molecule has 0 atom stereocenters. The zero-order chi connectivity index (χ0) is 10.1. The molecule has 0 bridgehead atoms. The maximum atomic E-state index is 12.1. The highest BCUT2D eigenvalue weighted by Crippen LogP contribution is 2.35. The first-order chi connectivity index (χ1) is 5.95.